The maximum absolute atomic E-state index is 12.5. The Labute approximate surface area is 149 Å². The average molecular weight is 351 g/mol. The minimum atomic E-state index is -0.263. The second-order valence-corrected chi connectivity index (χ2v) is 6.51. The first-order valence-electron chi connectivity index (χ1n) is 7.75. The number of nitrogens with one attached hydrogen (secondary N) is 2. The normalized spacial score (nSPS) is 10.3. The van der Waals surface area contributed by atoms with E-state index in [1.165, 1.54) is 18.3 Å². The third-order valence-electron chi connectivity index (χ3n) is 3.50. The molecule has 0 aliphatic heterocycles. The van der Waals surface area contributed by atoms with Crippen LogP contribution in [0.1, 0.15) is 23.0 Å². The number of carbonyl (C=O) groups is 2. The molecule has 0 aliphatic rings. The Morgan fingerprint density at radius 3 is 2.48 bits per heavy atom. The molecule has 0 fully saturated rings. The molecule has 0 saturated heterocycles. The van der Waals surface area contributed by atoms with Crippen molar-refractivity contribution in [3.05, 3.63) is 65.9 Å². The van der Waals surface area contributed by atoms with Crippen molar-refractivity contribution in [2.75, 3.05) is 10.6 Å². The minimum Gasteiger partial charge on any atom is -0.326 e. The molecule has 2 aromatic carbocycles. The van der Waals surface area contributed by atoms with Gasteiger partial charge in [0.15, 0.2) is 5.13 Å². The van der Waals surface area contributed by atoms with Gasteiger partial charge in [0.2, 0.25) is 5.91 Å². The summed E-state index contributed by atoms with van der Waals surface area (Å²) in [5, 5.41) is 6.04. The Morgan fingerprint density at radius 2 is 1.76 bits per heavy atom. The number of thiazole rings is 1. The number of anilines is 2. The molecule has 0 aliphatic carbocycles. The zero-order chi connectivity index (χ0) is 17.8. The van der Waals surface area contributed by atoms with Crippen LogP contribution in [0.4, 0.5) is 10.8 Å². The molecule has 0 radical (unpaired) electrons. The molecular weight excluding hydrogens is 334 g/mol. The highest BCUT2D eigenvalue weighted by molar-refractivity contribution is 7.19. The van der Waals surface area contributed by atoms with Crippen molar-refractivity contribution in [2.24, 2.45) is 0 Å². The molecule has 5 nitrogen and oxygen atoms in total. The Balaban J connectivity index is 1.79. The van der Waals surface area contributed by atoms with E-state index in [-0.39, 0.29) is 11.8 Å². The zero-order valence-electron chi connectivity index (χ0n) is 13.9. The molecule has 0 bridgehead atoms. The SMILES string of the molecule is CC(=O)Nc1cccc(C(=O)Nc2nc(C)c(-c3ccccc3)s2)c1. The van der Waals surface area contributed by atoms with Gasteiger partial charge in [-0.15, -0.1) is 0 Å². The molecule has 6 heteroatoms. The molecule has 2 N–H and O–H groups in total. The number of carbonyl (C=O) groups excluding carboxylic acids is 2. The predicted octanol–water partition coefficient (Wildman–Crippen LogP) is 4.33. The number of hydrogen-bond donors (Lipinski definition) is 2. The van der Waals surface area contributed by atoms with Crippen molar-refractivity contribution in [1.29, 1.82) is 0 Å². The van der Waals surface area contributed by atoms with Crippen molar-refractivity contribution < 1.29 is 9.59 Å². The third-order valence-corrected chi connectivity index (χ3v) is 4.62. The van der Waals surface area contributed by atoms with Gasteiger partial charge in [-0.05, 0) is 30.7 Å². The Morgan fingerprint density at radius 1 is 1.00 bits per heavy atom. The summed E-state index contributed by atoms with van der Waals surface area (Å²) in [7, 11) is 0. The molecule has 3 aromatic rings. The van der Waals surface area contributed by atoms with Gasteiger partial charge in [0.1, 0.15) is 0 Å². The number of aryl methyl sites for hydroxylation is 1. The van der Waals surface area contributed by atoms with Crippen LogP contribution in [0.25, 0.3) is 10.4 Å². The van der Waals surface area contributed by atoms with E-state index in [0.29, 0.717) is 16.4 Å². The van der Waals surface area contributed by atoms with E-state index in [2.05, 4.69) is 15.6 Å². The monoisotopic (exact) mass is 351 g/mol. The van der Waals surface area contributed by atoms with Gasteiger partial charge in [0.25, 0.3) is 5.91 Å². The van der Waals surface area contributed by atoms with E-state index in [9.17, 15) is 9.59 Å². The van der Waals surface area contributed by atoms with Gasteiger partial charge in [0.05, 0.1) is 10.6 Å². The number of benzene rings is 2. The number of aromatic nitrogens is 1. The van der Waals surface area contributed by atoms with Crippen molar-refractivity contribution in [1.82, 2.24) is 4.98 Å². The summed E-state index contributed by atoms with van der Waals surface area (Å²) in [4.78, 5) is 29.1. The second kappa shape index (κ2) is 7.27. The van der Waals surface area contributed by atoms with E-state index in [0.717, 1.165) is 16.1 Å². The first kappa shape index (κ1) is 16.9. The lowest BCUT2D eigenvalue weighted by atomic mass is 10.2. The lowest BCUT2D eigenvalue weighted by Crippen LogP contribution is -2.13. The fourth-order valence-electron chi connectivity index (χ4n) is 2.42. The van der Waals surface area contributed by atoms with Crippen LogP contribution in [-0.4, -0.2) is 16.8 Å². The molecule has 1 aromatic heterocycles. The fraction of sp³-hybridized carbons (Fsp3) is 0.105. The minimum absolute atomic E-state index is 0.180. The summed E-state index contributed by atoms with van der Waals surface area (Å²) in [6.45, 7) is 3.35. The molecule has 126 valence electrons. The van der Waals surface area contributed by atoms with E-state index in [1.54, 1.807) is 24.3 Å². The molecule has 2 amide bonds. The smallest absolute Gasteiger partial charge is 0.257 e. The lowest BCUT2D eigenvalue weighted by Gasteiger charge is -2.05. The van der Waals surface area contributed by atoms with Crippen LogP contribution < -0.4 is 10.6 Å². The largest absolute Gasteiger partial charge is 0.326 e. The van der Waals surface area contributed by atoms with Gasteiger partial charge in [-0.3, -0.25) is 14.9 Å². The number of rotatable bonds is 4. The van der Waals surface area contributed by atoms with Crippen LogP contribution in [-0.2, 0) is 4.79 Å². The topological polar surface area (TPSA) is 71.1 Å². The number of amides is 2. The highest BCUT2D eigenvalue weighted by Crippen LogP contribution is 2.32. The van der Waals surface area contributed by atoms with Crippen LogP contribution in [0, 0.1) is 6.92 Å². The fourth-order valence-corrected chi connectivity index (χ4v) is 3.38. The van der Waals surface area contributed by atoms with Crippen LogP contribution in [0.5, 0.6) is 0 Å². The van der Waals surface area contributed by atoms with Gasteiger partial charge in [-0.2, -0.15) is 0 Å². The summed E-state index contributed by atoms with van der Waals surface area (Å²) in [5.74, 6) is -0.443. The van der Waals surface area contributed by atoms with Gasteiger partial charge in [-0.1, -0.05) is 47.7 Å². The molecule has 0 atom stereocenters. The van der Waals surface area contributed by atoms with Gasteiger partial charge in [-0.25, -0.2) is 4.98 Å². The van der Waals surface area contributed by atoms with Gasteiger partial charge >= 0.3 is 0 Å². The maximum atomic E-state index is 12.5. The third kappa shape index (κ3) is 4.10. The molecule has 0 unspecified atom stereocenters. The predicted molar refractivity (Wildman–Crippen MR) is 101 cm³/mol. The van der Waals surface area contributed by atoms with E-state index >= 15 is 0 Å². The maximum Gasteiger partial charge on any atom is 0.257 e. The van der Waals surface area contributed by atoms with Crippen LogP contribution in [0.15, 0.2) is 54.6 Å². The first-order chi connectivity index (χ1) is 12.0. The van der Waals surface area contributed by atoms with Crippen LogP contribution in [0.3, 0.4) is 0 Å². The molecule has 25 heavy (non-hydrogen) atoms. The summed E-state index contributed by atoms with van der Waals surface area (Å²) in [6.07, 6.45) is 0. The molecular formula is C19H17N3O2S. The van der Waals surface area contributed by atoms with Crippen molar-refractivity contribution in [3.8, 4) is 10.4 Å². The first-order valence-corrected chi connectivity index (χ1v) is 8.56. The molecule has 0 saturated carbocycles. The summed E-state index contributed by atoms with van der Waals surface area (Å²) >= 11 is 1.44. The Hall–Kier alpha value is -2.99. The highest BCUT2D eigenvalue weighted by atomic mass is 32.1. The van der Waals surface area contributed by atoms with Crippen molar-refractivity contribution >= 4 is 34.0 Å². The standard InChI is InChI=1S/C19H17N3O2S/c1-12-17(14-7-4-3-5-8-14)25-19(20-12)22-18(24)15-9-6-10-16(11-15)21-13(2)23/h3-11H,1-2H3,(H,21,23)(H,20,22,24). The summed E-state index contributed by atoms with van der Waals surface area (Å²) in [5.41, 5.74) is 2.99. The van der Waals surface area contributed by atoms with Crippen LogP contribution >= 0.6 is 11.3 Å². The quantitative estimate of drug-likeness (QED) is 0.735. The van der Waals surface area contributed by atoms with E-state index < -0.39 is 0 Å². The van der Waals surface area contributed by atoms with Gasteiger partial charge < -0.3 is 5.32 Å². The second-order valence-electron chi connectivity index (χ2n) is 5.52. The van der Waals surface area contributed by atoms with Crippen molar-refractivity contribution in [3.63, 3.8) is 0 Å². The molecule has 3 rings (SSSR count). The van der Waals surface area contributed by atoms with Crippen molar-refractivity contribution in [2.45, 2.75) is 13.8 Å². The summed E-state index contributed by atoms with van der Waals surface area (Å²) in [6, 6.07) is 16.7. The van der Waals surface area contributed by atoms with E-state index in [1.807, 2.05) is 37.3 Å². The Kier molecular flexibility index (Phi) is 4.90. The zero-order valence-corrected chi connectivity index (χ0v) is 14.7. The summed E-state index contributed by atoms with van der Waals surface area (Å²) < 4.78 is 0. The van der Waals surface area contributed by atoms with Gasteiger partial charge in [0, 0.05) is 18.2 Å². The van der Waals surface area contributed by atoms with E-state index in [4.69, 9.17) is 0 Å². The average Bonchev–Trinajstić information content (AvgIpc) is 2.95. The highest BCUT2D eigenvalue weighted by Gasteiger charge is 2.13. The lowest BCUT2D eigenvalue weighted by molar-refractivity contribution is -0.114. The number of hydrogen-bond acceptors (Lipinski definition) is 4. The molecule has 0 spiro atoms. The van der Waals surface area contributed by atoms with Crippen LogP contribution in [0.2, 0.25) is 0 Å². The number of nitrogens with zero attached hydrogens (tertiary/aromatic N) is 1. The Bertz CT molecular complexity index is 919. The molecule has 1 heterocycles.